The van der Waals surface area contributed by atoms with E-state index in [1.54, 1.807) is 0 Å². The summed E-state index contributed by atoms with van der Waals surface area (Å²) in [5.41, 5.74) is 13.4. The van der Waals surface area contributed by atoms with Gasteiger partial charge in [-0.3, -0.25) is 0 Å². The summed E-state index contributed by atoms with van der Waals surface area (Å²) in [6, 6.07) is 61.5. The first-order valence-corrected chi connectivity index (χ1v) is 19.6. The van der Waals surface area contributed by atoms with Crippen molar-refractivity contribution in [2.75, 3.05) is 5.32 Å². The maximum absolute atomic E-state index is 4.01. The normalized spacial score (nSPS) is 18.4. The molecule has 2 heterocycles. The number of anilines is 1. The van der Waals surface area contributed by atoms with Gasteiger partial charge in [-0.05, 0) is 88.7 Å². The minimum atomic E-state index is 0.190. The van der Waals surface area contributed by atoms with Gasteiger partial charge in [0.15, 0.2) is 0 Å². The summed E-state index contributed by atoms with van der Waals surface area (Å²) >= 11 is 0. The number of allylic oxidation sites excluding steroid dienone is 4. The Kier molecular flexibility index (Phi) is 8.41. The lowest BCUT2D eigenvalue weighted by atomic mass is 9.76. The van der Waals surface area contributed by atoms with Crippen molar-refractivity contribution in [1.82, 2.24) is 9.88 Å². The number of nitrogens with zero attached hydrogens (tertiary/aromatic N) is 1. The van der Waals surface area contributed by atoms with Crippen molar-refractivity contribution in [3.05, 3.63) is 205 Å². The average molecular weight is 710 g/mol. The predicted octanol–water partition coefficient (Wildman–Crippen LogP) is 13.0. The Bertz CT molecular complexity index is 2770. The monoisotopic (exact) mass is 709 g/mol. The molecule has 3 heteroatoms. The fourth-order valence-electron chi connectivity index (χ4n) is 9.00. The van der Waals surface area contributed by atoms with Crippen LogP contribution in [0.2, 0.25) is 0 Å². The molecular formula is C52H43N3. The second kappa shape index (κ2) is 14.0. The van der Waals surface area contributed by atoms with Gasteiger partial charge in [-0.1, -0.05) is 159 Å². The van der Waals surface area contributed by atoms with Crippen LogP contribution in [0.1, 0.15) is 30.9 Å². The zero-order chi connectivity index (χ0) is 36.7. The van der Waals surface area contributed by atoms with Gasteiger partial charge in [0.05, 0.1) is 11.0 Å². The molecule has 3 nitrogen and oxygen atoms in total. The second-order valence-corrected chi connectivity index (χ2v) is 15.1. The largest absolute Gasteiger partial charge is 0.378 e. The van der Waals surface area contributed by atoms with Gasteiger partial charge in [0.25, 0.3) is 0 Å². The quantitative estimate of drug-likeness (QED) is 0.172. The number of hydrogen-bond donors (Lipinski definition) is 2. The second-order valence-electron chi connectivity index (χ2n) is 15.1. The molecule has 0 bridgehead atoms. The fourth-order valence-corrected chi connectivity index (χ4v) is 9.00. The SMILES string of the molecule is CC1CC=C(Nc2ccccc2-c2cc3ccccc3c3c2c2ccccc2n3-c2ccccc2)CC1C1C=C(c2ccccc2)C=C(c2ccccc2)N1. The van der Waals surface area contributed by atoms with Crippen LogP contribution in [0.3, 0.4) is 0 Å². The zero-order valence-electron chi connectivity index (χ0n) is 31.0. The van der Waals surface area contributed by atoms with Crippen molar-refractivity contribution >= 4 is 49.5 Å². The molecule has 266 valence electrons. The Labute approximate surface area is 323 Å². The molecule has 0 spiro atoms. The summed E-state index contributed by atoms with van der Waals surface area (Å²) in [4.78, 5) is 0. The van der Waals surface area contributed by atoms with E-state index in [0.29, 0.717) is 11.8 Å². The van der Waals surface area contributed by atoms with E-state index < -0.39 is 0 Å². The summed E-state index contributed by atoms with van der Waals surface area (Å²) in [6.45, 7) is 2.42. The molecule has 2 N–H and O–H groups in total. The molecule has 1 aliphatic heterocycles. The average Bonchev–Trinajstić information content (AvgIpc) is 3.61. The molecule has 2 aliphatic rings. The standard InChI is InChI=1S/C52H43N3/c1-35-29-30-40(34-45(35)49-33-39(36-17-5-2-6-18-36)32-48(54-49)37-19-7-3-8-20-37)53-47-27-15-13-25-43(47)46-31-38-21-11-12-24-42(38)52-51(46)44-26-14-16-28-50(44)55(52)41-22-9-4-10-23-41/h2-28,30-33,35,45,49,53-54H,29,34H2,1H3. The molecule has 55 heavy (non-hydrogen) atoms. The van der Waals surface area contributed by atoms with Crippen LogP contribution in [0.25, 0.3) is 60.7 Å². The highest BCUT2D eigenvalue weighted by molar-refractivity contribution is 6.24. The van der Waals surface area contributed by atoms with Crippen LogP contribution in [0.15, 0.2) is 194 Å². The molecule has 0 radical (unpaired) electrons. The van der Waals surface area contributed by atoms with Crippen molar-refractivity contribution in [3.8, 4) is 16.8 Å². The summed E-state index contributed by atoms with van der Waals surface area (Å²) < 4.78 is 2.45. The first-order valence-electron chi connectivity index (χ1n) is 19.6. The van der Waals surface area contributed by atoms with Gasteiger partial charge < -0.3 is 15.2 Å². The summed E-state index contributed by atoms with van der Waals surface area (Å²) in [7, 11) is 0. The number of dihydropyridines is 1. The van der Waals surface area contributed by atoms with Crippen LogP contribution in [-0.2, 0) is 0 Å². The number of nitrogens with one attached hydrogen (secondary N) is 2. The third-order valence-electron chi connectivity index (χ3n) is 11.7. The van der Waals surface area contributed by atoms with Crippen molar-refractivity contribution in [3.63, 3.8) is 0 Å². The van der Waals surface area contributed by atoms with Crippen LogP contribution < -0.4 is 10.6 Å². The highest BCUT2D eigenvalue weighted by Gasteiger charge is 2.32. The van der Waals surface area contributed by atoms with E-state index in [-0.39, 0.29) is 6.04 Å². The van der Waals surface area contributed by atoms with Gasteiger partial charge in [0, 0.05) is 50.5 Å². The molecule has 0 fully saturated rings. The number of rotatable bonds is 7. The van der Waals surface area contributed by atoms with E-state index in [1.165, 1.54) is 77.5 Å². The minimum absolute atomic E-state index is 0.190. The molecule has 0 amide bonds. The molecule has 7 aromatic carbocycles. The van der Waals surface area contributed by atoms with E-state index in [9.17, 15) is 0 Å². The maximum atomic E-state index is 4.01. The lowest BCUT2D eigenvalue weighted by molar-refractivity contribution is 0.297. The van der Waals surface area contributed by atoms with Crippen molar-refractivity contribution < 1.29 is 0 Å². The smallest absolute Gasteiger partial charge is 0.0625 e. The number of aromatic nitrogens is 1. The van der Waals surface area contributed by atoms with E-state index in [4.69, 9.17) is 0 Å². The van der Waals surface area contributed by atoms with Gasteiger partial charge in [-0.25, -0.2) is 0 Å². The summed E-state index contributed by atoms with van der Waals surface area (Å²) in [5, 5.41) is 13.0. The molecular weight excluding hydrogens is 667 g/mol. The third-order valence-corrected chi connectivity index (χ3v) is 11.7. The Hall–Kier alpha value is -6.58. The van der Waals surface area contributed by atoms with Crippen LogP contribution in [0.4, 0.5) is 5.69 Å². The molecule has 3 atom stereocenters. The lowest BCUT2D eigenvalue weighted by Crippen LogP contribution is -2.40. The maximum Gasteiger partial charge on any atom is 0.0625 e. The molecule has 10 rings (SSSR count). The van der Waals surface area contributed by atoms with Gasteiger partial charge in [-0.15, -0.1) is 0 Å². The van der Waals surface area contributed by atoms with Crippen LogP contribution in [0.5, 0.6) is 0 Å². The molecule has 0 saturated heterocycles. The first-order chi connectivity index (χ1) is 27.2. The van der Waals surface area contributed by atoms with Gasteiger partial charge >= 0.3 is 0 Å². The summed E-state index contributed by atoms with van der Waals surface area (Å²) in [6.07, 6.45) is 9.20. The topological polar surface area (TPSA) is 29.0 Å². The molecule has 8 aromatic rings. The minimum Gasteiger partial charge on any atom is -0.378 e. The highest BCUT2D eigenvalue weighted by atomic mass is 15.0. The Morgan fingerprint density at radius 1 is 0.636 bits per heavy atom. The number of fused-ring (bicyclic) bond motifs is 5. The predicted molar refractivity (Wildman–Crippen MR) is 233 cm³/mol. The molecule has 3 unspecified atom stereocenters. The number of hydrogen-bond acceptors (Lipinski definition) is 2. The lowest BCUT2D eigenvalue weighted by Gasteiger charge is -2.37. The van der Waals surface area contributed by atoms with Gasteiger partial charge in [0.1, 0.15) is 0 Å². The van der Waals surface area contributed by atoms with E-state index in [0.717, 1.165) is 18.5 Å². The Morgan fingerprint density at radius 3 is 2.09 bits per heavy atom. The first kappa shape index (κ1) is 33.0. The van der Waals surface area contributed by atoms with Crippen molar-refractivity contribution in [1.29, 1.82) is 0 Å². The van der Waals surface area contributed by atoms with Crippen LogP contribution in [0, 0.1) is 11.8 Å². The third kappa shape index (κ3) is 6.03. The van der Waals surface area contributed by atoms with Crippen molar-refractivity contribution in [2.45, 2.75) is 25.8 Å². The van der Waals surface area contributed by atoms with Gasteiger partial charge in [0.2, 0.25) is 0 Å². The van der Waals surface area contributed by atoms with Gasteiger partial charge in [-0.2, -0.15) is 0 Å². The van der Waals surface area contributed by atoms with E-state index in [1.807, 2.05) is 0 Å². The molecule has 1 aromatic heterocycles. The number of benzene rings is 7. The van der Waals surface area contributed by atoms with E-state index >= 15 is 0 Å². The highest BCUT2D eigenvalue weighted by Crippen LogP contribution is 2.45. The van der Waals surface area contributed by atoms with E-state index in [2.05, 4.69) is 210 Å². The van der Waals surface area contributed by atoms with Crippen LogP contribution >= 0.6 is 0 Å². The fraction of sp³-hybridized carbons (Fsp3) is 0.115. The number of para-hydroxylation sites is 3. The molecule has 1 aliphatic carbocycles. The zero-order valence-corrected chi connectivity index (χ0v) is 31.0. The summed E-state index contributed by atoms with van der Waals surface area (Å²) in [5.74, 6) is 0.924. The Balaban J connectivity index is 1.05. The van der Waals surface area contributed by atoms with Crippen LogP contribution in [-0.4, -0.2) is 10.6 Å². The van der Waals surface area contributed by atoms with Crippen molar-refractivity contribution in [2.24, 2.45) is 11.8 Å². The molecule has 0 saturated carbocycles. The Morgan fingerprint density at radius 2 is 1.29 bits per heavy atom.